The van der Waals surface area contributed by atoms with Crippen LogP contribution in [-0.4, -0.2) is 42.2 Å². The molecule has 0 amide bonds. The number of carbonyl (C=O) groups is 1. The molecular formula is C25H30ClNO4. The van der Waals surface area contributed by atoms with Crippen molar-refractivity contribution in [2.45, 2.75) is 33.6 Å². The Hall–Kier alpha value is -2.50. The molecule has 0 unspecified atom stereocenters. The van der Waals surface area contributed by atoms with Crippen molar-refractivity contribution in [3.05, 3.63) is 58.9 Å². The quantitative estimate of drug-likeness (QED) is 0.355. The molecule has 1 saturated heterocycles. The summed E-state index contributed by atoms with van der Waals surface area (Å²) < 4.78 is 11.8. The molecule has 3 rings (SSSR count). The Kier molecular flexibility index (Phi) is 7.99. The Bertz CT molecular complexity index is 1010. The van der Waals surface area contributed by atoms with Crippen LogP contribution in [-0.2, 0) is 4.79 Å². The molecule has 1 aromatic carbocycles. The van der Waals surface area contributed by atoms with Crippen molar-refractivity contribution in [2.24, 2.45) is 5.92 Å². The van der Waals surface area contributed by atoms with Crippen LogP contribution in [0.1, 0.15) is 39.4 Å². The molecule has 1 aliphatic rings. The second-order valence-corrected chi connectivity index (χ2v) is 8.34. The molecule has 31 heavy (non-hydrogen) atoms. The van der Waals surface area contributed by atoms with Gasteiger partial charge in [-0.1, -0.05) is 37.1 Å². The van der Waals surface area contributed by atoms with Gasteiger partial charge in [-0.15, -0.1) is 0 Å². The molecule has 0 spiro atoms. The highest BCUT2D eigenvalue weighted by atomic mass is 35.5. The monoisotopic (exact) mass is 443 g/mol. The van der Waals surface area contributed by atoms with Crippen molar-refractivity contribution >= 4 is 34.1 Å². The van der Waals surface area contributed by atoms with E-state index in [-0.39, 0.29) is 5.92 Å². The summed E-state index contributed by atoms with van der Waals surface area (Å²) in [7, 11) is 0. The van der Waals surface area contributed by atoms with E-state index in [4.69, 9.17) is 25.9 Å². The zero-order valence-corrected chi connectivity index (χ0v) is 19.1. The summed E-state index contributed by atoms with van der Waals surface area (Å²) in [6.07, 6.45) is 8.02. The molecule has 1 aromatic heterocycles. The molecule has 1 N–H and O–H groups in total. The molecule has 2 aromatic rings. The number of benzene rings is 1. The third kappa shape index (κ3) is 6.02. The maximum atomic E-state index is 11.0. The second kappa shape index (κ2) is 10.7. The average molecular weight is 444 g/mol. The number of fused-ring (bicyclic) bond motifs is 1. The first-order valence-corrected chi connectivity index (χ1v) is 11.1. The van der Waals surface area contributed by atoms with E-state index in [9.17, 15) is 4.79 Å². The van der Waals surface area contributed by atoms with Gasteiger partial charge in [-0.3, -0.25) is 9.69 Å². The van der Waals surface area contributed by atoms with E-state index in [0.717, 1.165) is 46.5 Å². The highest BCUT2D eigenvalue weighted by Gasteiger charge is 2.32. The molecule has 0 radical (unpaired) electrons. The van der Waals surface area contributed by atoms with E-state index in [1.807, 2.05) is 56.3 Å². The van der Waals surface area contributed by atoms with Crippen LogP contribution in [0.15, 0.2) is 57.5 Å². The van der Waals surface area contributed by atoms with E-state index in [1.165, 1.54) is 0 Å². The molecule has 0 aliphatic carbocycles. The summed E-state index contributed by atoms with van der Waals surface area (Å²) in [4.78, 5) is 13.1. The molecule has 2 heterocycles. The van der Waals surface area contributed by atoms with Crippen LogP contribution >= 0.6 is 11.6 Å². The average Bonchev–Trinajstić information content (AvgIpc) is 3.13. The molecular weight excluding hydrogens is 414 g/mol. The van der Waals surface area contributed by atoms with Crippen LogP contribution in [0, 0.1) is 5.92 Å². The Morgan fingerprint density at radius 1 is 1.35 bits per heavy atom. The Labute approximate surface area is 188 Å². The largest absolute Gasteiger partial charge is 0.494 e. The van der Waals surface area contributed by atoms with Crippen molar-refractivity contribution in [3.63, 3.8) is 0 Å². The first kappa shape index (κ1) is 23.2. The van der Waals surface area contributed by atoms with Crippen LogP contribution in [0.3, 0.4) is 0 Å². The van der Waals surface area contributed by atoms with Gasteiger partial charge < -0.3 is 14.3 Å². The van der Waals surface area contributed by atoms with Gasteiger partial charge >= 0.3 is 5.97 Å². The number of halogens is 1. The number of nitrogens with zero attached hydrogens (tertiary/aromatic N) is 1. The zero-order valence-electron chi connectivity index (χ0n) is 18.4. The summed E-state index contributed by atoms with van der Waals surface area (Å²) in [5.41, 5.74) is 2.67. The molecule has 166 valence electrons. The van der Waals surface area contributed by atoms with Crippen molar-refractivity contribution in [2.75, 3.05) is 26.2 Å². The molecule has 0 saturated carbocycles. The van der Waals surface area contributed by atoms with E-state index >= 15 is 0 Å². The van der Waals surface area contributed by atoms with Gasteiger partial charge in [0, 0.05) is 35.6 Å². The lowest BCUT2D eigenvalue weighted by Gasteiger charge is -2.36. The second-order valence-electron chi connectivity index (χ2n) is 7.93. The summed E-state index contributed by atoms with van der Waals surface area (Å²) in [6, 6.07) is 7.82. The van der Waals surface area contributed by atoms with Gasteiger partial charge in [-0.25, -0.2) is 0 Å². The van der Waals surface area contributed by atoms with Crippen LogP contribution in [0.2, 0.25) is 0 Å². The fraction of sp³-hybridized carbons (Fsp3) is 0.400. The number of likely N-dealkylation sites (tertiary alicyclic amines) is 1. The van der Waals surface area contributed by atoms with E-state index < -0.39 is 5.97 Å². The number of ether oxygens (including phenoxy) is 1. The first-order chi connectivity index (χ1) is 14.9. The van der Waals surface area contributed by atoms with Gasteiger partial charge in [0.25, 0.3) is 0 Å². The predicted octanol–water partition coefficient (Wildman–Crippen LogP) is 6.10. The SMILES string of the molecule is C\C=C/C(=C\C(Cl)=C(/C)c1cc2cc(OCCCC)ccc2o1)CN1CC(C(=O)O)C1. The number of carboxylic acids is 1. The van der Waals surface area contributed by atoms with Crippen molar-refractivity contribution in [1.82, 2.24) is 4.90 Å². The molecule has 0 bridgehead atoms. The third-order valence-corrected chi connectivity index (χ3v) is 5.78. The van der Waals surface area contributed by atoms with Gasteiger partial charge in [0.1, 0.15) is 17.1 Å². The van der Waals surface area contributed by atoms with E-state index in [0.29, 0.717) is 31.3 Å². The predicted molar refractivity (Wildman–Crippen MR) is 126 cm³/mol. The summed E-state index contributed by atoms with van der Waals surface area (Å²) in [5.74, 6) is 0.554. The van der Waals surface area contributed by atoms with Gasteiger partial charge in [-0.05, 0) is 56.2 Å². The summed E-state index contributed by atoms with van der Waals surface area (Å²) in [6.45, 7) is 8.53. The minimum absolute atomic E-state index is 0.272. The third-order valence-electron chi connectivity index (χ3n) is 5.39. The zero-order chi connectivity index (χ0) is 22.4. The van der Waals surface area contributed by atoms with Gasteiger partial charge in [-0.2, -0.15) is 0 Å². The number of rotatable bonds is 10. The number of furan rings is 1. The standard InChI is InChI=1S/C25H30ClNO4/c1-4-6-10-30-21-8-9-23-19(12-21)13-24(31-23)17(3)22(26)11-18(7-5-2)14-27-15-20(16-27)25(28)29/h5,7-9,11-13,20H,4,6,10,14-16H2,1-3H3,(H,28,29)/b7-5-,18-11+,22-17-. The lowest BCUT2D eigenvalue weighted by molar-refractivity contribution is -0.147. The fourth-order valence-electron chi connectivity index (χ4n) is 3.49. The fourth-order valence-corrected chi connectivity index (χ4v) is 3.73. The van der Waals surface area contributed by atoms with Crippen LogP contribution in [0.4, 0.5) is 0 Å². The van der Waals surface area contributed by atoms with Crippen molar-refractivity contribution in [1.29, 1.82) is 0 Å². The van der Waals surface area contributed by atoms with Crippen LogP contribution in [0.25, 0.3) is 16.5 Å². The van der Waals surface area contributed by atoms with E-state index in [2.05, 4.69) is 11.8 Å². The number of hydrogen-bond acceptors (Lipinski definition) is 4. The first-order valence-electron chi connectivity index (χ1n) is 10.7. The minimum Gasteiger partial charge on any atom is -0.494 e. The Morgan fingerprint density at radius 3 is 2.81 bits per heavy atom. The van der Waals surface area contributed by atoms with Gasteiger partial charge in [0.05, 0.1) is 12.5 Å². The number of hydrogen-bond donors (Lipinski definition) is 1. The van der Waals surface area contributed by atoms with Gasteiger partial charge in [0.2, 0.25) is 0 Å². The smallest absolute Gasteiger partial charge is 0.309 e. The lowest BCUT2D eigenvalue weighted by atomic mass is 9.99. The highest BCUT2D eigenvalue weighted by Crippen LogP contribution is 2.31. The molecule has 1 aliphatic heterocycles. The Balaban J connectivity index is 1.76. The summed E-state index contributed by atoms with van der Waals surface area (Å²) >= 11 is 6.64. The number of carboxylic acid groups (broad SMARTS) is 1. The molecule has 6 heteroatoms. The molecule has 1 fully saturated rings. The van der Waals surface area contributed by atoms with Crippen molar-refractivity contribution < 1.29 is 19.1 Å². The Morgan fingerprint density at radius 2 is 2.13 bits per heavy atom. The van der Waals surface area contributed by atoms with Gasteiger partial charge in [0.15, 0.2) is 0 Å². The summed E-state index contributed by atoms with van der Waals surface area (Å²) in [5, 5.41) is 10.6. The maximum Gasteiger partial charge on any atom is 0.309 e. The van der Waals surface area contributed by atoms with Crippen LogP contribution < -0.4 is 4.74 Å². The lowest BCUT2D eigenvalue weighted by Crippen LogP contribution is -2.50. The molecule has 5 nitrogen and oxygen atoms in total. The number of unbranched alkanes of at least 4 members (excludes halogenated alkanes) is 1. The van der Waals surface area contributed by atoms with Crippen LogP contribution in [0.5, 0.6) is 5.75 Å². The number of aliphatic carboxylic acids is 1. The van der Waals surface area contributed by atoms with E-state index in [1.54, 1.807) is 0 Å². The normalized spacial score (nSPS) is 16.6. The maximum absolute atomic E-state index is 11.0. The number of allylic oxidation sites excluding steroid dienone is 4. The topological polar surface area (TPSA) is 62.9 Å². The molecule has 0 atom stereocenters. The van der Waals surface area contributed by atoms with Crippen molar-refractivity contribution in [3.8, 4) is 5.75 Å². The highest BCUT2D eigenvalue weighted by molar-refractivity contribution is 6.34. The minimum atomic E-state index is -0.731.